The minimum Gasteiger partial charge on any atom is -0.481 e. The van der Waals surface area contributed by atoms with Crippen LogP contribution in [0, 0.1) is 5.41 Å². The summed E-state index contributed by atoms with van der Waals surface area (Å²) in [6, 6.07) is 1.38. The Bertz CT molecular complexity index is 319. The van der Waals surface area contributed by atoms with Gasteiger partial charge in [-0.25, -0.2) is 0 Å². The van der Waals surface area contributed by atoms with Crippen molar-refractivity contribution in [2.45, 2.75) is 24.5 Å². The number of likely N-dealkylation sites (N-methyl/N-ethyl adjacent to an activating group) is 3. The molecule has 3 saturated heterocycles. The summed E-state index contributed by atoms with van der Waals surface area (Å²) >= 11 is 0. The van der Waals surface area contributed by atoms with E-state index in [2.05, 4.69) is 35.8 Å². The lowest BCUT2D eigenvalue weighted by molar-refractivity contribution is -0.140. The maximum atomic E-state index is 11.3. The molecule has 3 aliphatic rings. The van der Waals surface area contributed by atoms with E-state index in [-0.39, 0.29) is 5.41 Å². The number of rotatable bonds is 5. The third-order valence-corrected chi connectivity index (χ3v) is 4.90. The second-order valence-electron chi connectivity index (χ2n) is 6.05. The Morgan fingerprint density at radius 1 is 1.06 bits per heavy atom. The average Bonchev–Trinajstić information content (AvgIpc) is 3.06. The van der Waals surface area contributed by atoms with Crippen molar-refractivity contribution < 1.29 is 9.90 Å². The van der Waals surface area contributed by atoms with Gasteiger partial charge >= 0.3 is 5.97 Å². The quantitative estimate of drug-likeness (QED) is 0.649. The van der Waals surface area contributed by atoms with E-state index in [0.29, 0.717) is 24.5 Å². The molecule has 17 heavy (non-hydrogen) atoms. The number of hydrogen-bond acceptors (Lipinski definition) is 4. The van der Waals surface area contributed by atoms with Crippen molar-refractivity contribution in [3.05, 3.63) is 0 Å². The lowest BCUT2D eigenvalue weighted by atomic mass is 9.73. The van der Waals surface area contributed by atoms with Gasteiger partial charge in [-0.2, -0.15) is 0 Å². The van der Waals surface area contributed by atoms with E-state index in [1.807, 2.05) is 0 Å². The summed E-state index contributed by atoms with van der Waals surface area (Å²) in [6.45, 7) is 3.17. The molecular formula is C12H21N3O2. The third-order valence-electron chi connectivity index (χ3n) is 4.90. The maximum absolute atomic E-state index is 11.3. The first kappa shape index (κ1) is 11.4. The van der Waals surface area contributed by atoms with E-state index in [1.54, 1.807) is 0 Å². The van der Waals surface area contributed by atoms with E-state index in [4.69, 9.17) is 0 Å². The van der Waals surface area contributed by atoms with Crippen molar-refractivity contribution >= 4 is 5.97 Å². The molecular weight excluding hydrogens is 218 g/mol. The van der Waals surface area contributed by atoms with Crippen LogP contribution in [0.5, 0.6) is 0 Å². The Balaban J connectivity index is 1.88. The fourth-order valence-electron chi connectivity index (χ4n) is 3.70. The van der Waals surface area contributed by atoms with Crippen molar-refractivity contribution in [3.8, 4) is 0 Å². The molecule has 0 aromatic rings. The van der Waals surface area contributed by atoms with E-state index in [1.165, 1.54) is 0 Å². The van der Waals surface area contributed by atoms with Gasteiger partial charge in [0.05, 0.1) is 6.42 Å². The number of nitrogens with zero attached hydrogens (tertiary/aromatic N) is 3. The summed E-state index contributed by atoms with van der Waals surface area (Å²) in [5, 5.41) is 9.28. The molecule has 6 unspecified atom stereocenters. The van der Waals surface area contributed by atoms with Crippen molar-refractivity contribution in [1.29, 1.82) is 0 Å². The summed E-state index contributed by atoms with van der Waals surface area (Å²) < 4.78 is 0. The van der Waals surface area contributed by atoms with Crippen LogP contribution in [-0.4, -0.2) is 84.7 Å². The van der Waals surface area contributed by atoms with E-state index >= 15 is 0 Å². The average molecular weight is 239 g/mol. The fourth-order valence-corrected chi connectivity index (χ4v) is 3.70. The number of carboxylic acid groups (broad SMARTS) is 1. The fraction of sp³-hybridized carbons (Fsp3) is 0.917. The van der Waals surface area contributed by atoms with Crippen LogP contribution in [0.15, 0.2) is 0 Å². The molecule has 0 aromatic carbocycles. The molecule has 0 aromatic heterocycles. The first-order chi connectivity index (χ1) is 7.96. The van der Waals surface area contributed by atoms with Crippen LogP contribution >= 0.6 is 0 Å². The van der Waals surface area contributed by atoms with Gasteiger partial charge in [-0.15, -0.1) is 0 Å². The number of hydrogen-bond donors (Lipinski definition) is 1. The number of carbonyl (C=O) groups is 1. The van der Waals surface area contributed by atoms with Gasteiger partial charge in [0.1, 0.15) is 0 Å². The first-order valence-corrected chi connectivity index (χ1v) is 6.29. The Morgan fingerprint density at radius 2 is 1.35 bits per heavy atom. The Morgan fingerprint density at radius 3 is 1.53 bits per heavy atom. The summed E-state index contributed by atoms with van der Waals surface area (Å²) in [4.78, 5) is 18.2. The topological polar surface area (TPSA) is 46.3 Å². The molecule has 0 amide bonds. The molecule has 3 rings (SSSR count). The van der Waals surface area contributed by atoms with E-state index in [0.717, 1.165) is 19.6 Å². The van der Waals surface area contributed by atoms with Crippen molar-refractivity contribution in [2.24, 2.45) is 5.41 Å². The number of carboxylic acids is 1. The predicted octanol–water partition coefficient (Wildman–Crippen LogP) is -0.610. The largest absolute Gasteiger partial charge is 0.481 e. The Hall–Kier alpha value is -0.650. The summed E-state index contributed by atoms with van der Waals surface area (Å²) in [5.74, 6) is -0.647. The SMILES string of the molecule is CN1CC1C(CC(=O)O)(C1CN1C)C1CN1C. The van der Waals surface area contributed by atoms with Gasteiger partial charge in [-0.1, -0.05) is 0 Å². The van der Waals surface area contributed by atoms with Crippen LogP contribution in [0.4, 0.5) is 0 Å². The van der Waals surface area contributed by atoms with Crippen molar-refractivity contribution in [1.82, 2.24) is 14.7 Å². The molecule has 3 fully saturated rings. The van der Waals surface area contributed by atoms with Gasteiger partial charge in [0.25, 0.3) is 0 Å². The van der Waals surface area contributed by atoms with Crippen molar-refractivity contribution in [3.63, 3.8) is 0 Å². The molecule has 5 nitrogen and oxygen atoms in total. The van der Waals surface area contributed by atoms with Gasteiger partial charge in [0.2, 0.25) is 0 Å². The van der Waals surface area contributed by atoms with Gasteiger partial charge in [0, 0.05) is 43.2 Å². The zero-order valence-electron chi connectivity index (χ0n) is 10.8. The minimum atomic E-state index is -0.647. The van der Waals surface area contributed by atoms with Crippen LogP contribution in [0.25, 0.3) is 0 Å². The van der Waals surface area contributed by atoms with Gasteiger partial charge in [0.15, 0.2) is 0 Å². The molecule has 5 heteroatoms. The Labute approximate surface area is 102 Å². The molecule has 6 atom stereocenters. The smallest absolute Gasteiger partial charge is 0.304 e. The zero-order valence-corrected chi connectivity index (χ0v) is 10.8. The molecule has 1 N–H and O–H groups in total. The molecule has 0 aliphatic carbocycles. The van der Waals surface area contributed by atoms with E-state index < -0.39 is 5.97 Å². The predicted molar refractivity (Wildman–Crippen MR) is 63.9 cm³/mol. The van der Waals surface area contributed by atoms with E-state index in [9.17, 15) is 9.90 Å². The lowest BCUT2D eigenvalue weighted by Crippen LogP contribution is -2.45. The highest BCUT2D eigenvalue weighted by molar-refractivity contribution is 5.69. The molecule has 0 saturated carbocycles. The van der Waals surface area contributed by atoms with Crippen molar-refractivity contribution in [2.75, 3.05) is 40.8 Å². The molecule has 0 bridgehead atoms. The van der Waals surface area contributed by atoms with Crippen LogP contribution in [0.3, 0.4) is 0 Å². The highest BCUT2D eigenvalue weighted by atomic mass is 16.4. The third kappa shape index (κ3) is 1.68. The minimum absolute atomic E-state index is 0.0515. The molecule has 0 spiro atoms. The maximum Gasteiger partial charge on any atom is 0.304 e. The zero-order chi connectivity index (χ0) is 12.4. The molecule has 0 radical (unpaired) electrons. The summed E-state index contributed by atoms with van der Waals surface area (Å²) in [6.07, 6.45) is 0.312. The highest BCUT2D eigenvalue weighted by Crippen LogP contribution is 2.54. The second kappa shape index (κ2) is 3.43. The monoisotopic (exact) mass is 239 g/mol. The standard InChI is InChI=1S/C12H21N3O2/c1-13-5-8(13)12(4-11(16)17,9-6-14(9)2)10-7-15(10)3/h8-10H,4-7H2,1-3H3,(H,16,17). The number of aliphatic carboxylic acids is 1. The summed E-state index contributed by atoms with van der Waals surface area (Å²) in [7, 11) is 6.31. The van der Waals surface area contributed by atoms with Crippen LogP contribution in [0.1, 0.15) is 6.42 Å². The normalized spacial score (nSPS) is 50.5. The van der Waals surface area contributed by atoms with Gasteiger partial charge in [-0.3, -0.25) is 19.5 Å². The Kier molecular flexibility index (Phi) is 2.31. The lowest BCUT2D eigenvalue weighted by Gasteiger charge is -2.33. The first-order valence-electron chi connectivity index (χ1n) is 6.29. The van der Waals surface area contributed by atoms with Crippen LogP contribution in [-0.2, 0) is 4.79 Å². The molecule has 3 aliphatic heterocycles. The molecule has 96 valence electrons. The van der Waals surface area contributed by atoms with Gasteiger partial charge in [-0.05, 0) is 21.1 Å². The van der Waals surface area contributed by atoms with Crippen LogP contribution < -0.4 is 0 Å². The van der Waals surface area contributed by atoms with Crippen LogP contribution in [0.2, 0.25) is 0 Å². The summed E-state index contributed by atoms with van der Waals surface area (Å²) in [5.41, 5.74) is -0.0515. The molecule has 3 heterocycles. The second-order valence-corrected chi connectivity index (χ2v) is 6.05. The highest BCUT2D eigenvalue weighted by Gasteiger charge is 2.67. The van der Waals surface area contributed by atoms with Gasteiger partial charge < -0.3 is 5.11 Å².